The second kappa shape index (κ2) is 9.26. The molecular weight excluding hydrogens is 296 g/mol. The summed E-state index contributed by atoms with van der Waals surface area (Å²) in [5, 5.41) is 25.4. The van der Waals surface area contributed by atoms with E-state index in [0.29, 0.717) is 11.8 Å². The van der Waals surface area contributed by atoms with Crippen molar-refractivity contribution in [2.45, 2.75) is 85.7 Å². The van der Waals surface area contributed by atoms with Crippen LogP contribution in [0.5, 0.6) is 0 Å². The van der Waals surface area contributed by atoms with Crippen LogP contribution in [0.4, 0.5) is 0 Å². The van der Waals surface area contributed by atoms with Crippen LogP contribution >= 0.6 is 0 Å². The monoisotopic (exact) mass is 330 g/mol. The van der Waals surface area contributed by atoms with E-state index in [1.54, 1.807) is 0 Å². The van der Waals surface area contributed by atoms with Crippen LogP contribution < -0.4 is 0 Å². The lowest BCUT2D eigenvalue weighted by Crippen LogP contribution is -2.35. The maximum Gasteiger partial charge on any atom is 0.303 e. The average molecular weight is 330 g/mol. The fraction of sp³-hybridized carbons (Fsp3) is 0.889. The first-order valence-corrected chi connectivity index (χ1v) is 8.58. The van der Waals surface area contributed by atoms with Crippen molar-refractivity contribution in [1.82, 2.24) is 0 Å². The summed E-state index contributed by atoms with van der Waals surface area (Å²) < 4.78 is 0. The van der Waals surface area contributed by atoms with Gasteiger partial charge in [-0.3, -0.25) is 9.59 Å². The highest BCUT2D eigenvalue weighted by atomic mass is 16.4. The number of aliphatic hydroxyl groups excluding tert-OH is 1. The maximum absolute atomic E-state index is 9.87. The molecule has 3 atom stereocenters. The molecule has 2 aliphatic carbocycles. The highest BCUT2D eigenvalue weighted by Gasteiger charge is 2.60. The van der Waals surface area contributed by atoms with E-state index in [2.05, 4.69) is 27.7 Å². The summed E-state index contributed by atoms with van der Waals surface area (Å²) in [6, 6.07) is 0. The van der Waals surface area contributed by atoms with Gasteiger partial charge in [0.15, 0.2) is 0 Å². The van der Waals surface area contributed by atoms with E-state index in [1.807, 2.05) is 0 Å². The summed E-state index contributed by atoms with van der Waals surface area (Å²) in [7, 11) is 0. The number of carboxylic acids is 2. The zero-order valence-electron chi connectivity index (χ0n) is 15.3. The number of carboxylic acid groups (broad SMARTS) is 2. The molecule has 2 bridgehead atoms. The van der Waals surface area contributed by atoms with E-state index in [4.69, 9.17) is 15.0 Å². The fourth-order valence-corrected chi connectivity index (χ4v) is 3.69. The van der Waals surface area contributed by atoms with Gasteiger partial charge in [0, 0.05) is 13.3 Å². The molecule has 0 spiro atoms. The summed E-state index contributed by atoms with van der Waals surface area (Å²) in [5.41, 5.74) is 0.601. The third-order valence-electron chi connectivity index (χ3n) is 5.74. The second-order valence-electron chi connectivity index (χ2n) is 7.50. The molecule has 3 N–H and O–H groups in total. The Morgan fingerprint density at radius 1 is 1.13 bits per heavy atom. The van der Waals surface area contributed by atoms with E-state index in [0.717, 1.165) is 38.5 Å². The van der Waals surface area contributed by atoms with Gasteiger partial charge >= 0.3 is 5.97 Å². The normalized spacial score (nSPS) is 29.8. The van der Waals surface area contributed by atoms with Crippen molar-refractivity contribution in [2.24, 2.45) is 16.7 Å². The summed E-state index contributed by atoms with van der Waals surface area (Å²) in [6.07, 6.45) is 6.85. The van der Waals surface area contributed by atoms with Crippen molar-refractivity contribution in [3.05, 3.63) is 0 Å². The van der Waals surface area contributed by atoms with Crippen LogP contribution in [0.25, 0.3) is 0 Å². The van der Waals surface area contributed by atoms with Gasteiger partial charge in [-0.05, 0) is 42.4 Å². The number of aliphatic carboxylic acids is 2. The molecule has 2 rings (SSSR count). The van der Waals surface area contributed by atoms with Crippen LogP contribution in [0.1, 0.15) is 79.6 Å². The Morgan fingerprint density at radius 3 is 1.87 bits per heavy atom. The molecule has 0 heterocycles. The third-order valence-corrected chi connectivity index (χ3v) is 5.74. The minimum Gasteiger partial charge on any atom is -0.481 e. The van der Waals surface area contributed by atoms with Crippen LogP contribution in [0.2, 0.25) is 0 Å². The third kappa shape index (κ3) is 6.13. The molecule has 2 aliphatic rings. The summed E-state index contributed by atoms with van der Waals surface area (Å²) in [6.45, 7) is 10.0. The van der Waals surface area contributed by atoms with Gasteiger partial charge in [-0.1, -0.05) is 40.5 Å². The van der Waals surface area contributed by atoms with E-state index < -0.39 is 11.9 Å². The summed E-state index contributed by atoms with van der Waals surface area (Å²) in [5.74, 6) is -0.735. The molecule has 0 radical (unpaired) electrons. The first-order valence-electron chi connectivity index (χ1n) is 8.58. The minimum atomic E-state index is -0.833. The molecule has 0 aromatic heterocycles. The molecule has 0 saturated heterocycles. The molecule has 23 heavy (non-hydrogen) atoms. The Morgan fingerprint density at radius 2 is 1.65 bits per heavy atom. The van der Waals surface area contributed by atoms with Crippen molar-refractivity contribution in [3.63, 3.8) is 0 Å². The number of hydrogen-bond donors (Lipinski definition) is 3. The Balaban J connectivity index is 0.000000357. The van der Waals surface area contributed by atoms with Gasteiger partial charge in [-0.15, -0.1) is 0 Å². The van der Waals surface area contributed by atoms with Crippen LogP contribution in [0.3, 0.4) is 0 Å². The molecule has 2 fully saturated rings. The van der Waals surface area contributed by atoms with Gasteiger partial charge in [0.05, 0.1) is 6.10 Å². The molecule has 3 unspecified atom stereocenters. The van der Waals surface area contributed by atoms with Gasteiger partial charge in [0.25, 0.3) is 5.97 Å². The Kier molecular flexibility index (Phi) is 8.82. The van der Waals surface area contributed by atoms with Crippen LogP contribution in [-0.2, 0) is 9.59 Å². The number of hydrogen-bond acceptors (Lipinski definition) is 3. The van der Waals surface area contributed by atoms with Crippen molar-refractivity contribution < 1.29 is 24.9 Å². The molecule has 0 aromatic carbocycles. The highest BCUT2D eigenvalue weighted by Crippen LogP contribution is 2.65. The first kappa shape index (κ1) is 21.9. The second-order valence-corrected chi connectivity index (χ2v) is 7.50. The van der Waals surface area contributed by atoms with Gasteiger partial charge in [0.2, 0.25) is 0 Å². The van der Waals surface area contributed by atoms with Crippen LogP contribution in [0.15, 0.2) is 0 Å². The Bertz CT molecular complexity index is 387. The maximum atomic E-state index is 9.87. The Labute approximate surface area is 140 Å². The molecule has 136 valence electrons. The van der Waals surface area contributed by atoms with Gasteiger partial charge in [0.1, 0.15) is 0 Å². The number of fused-ring (bicyclic) bond motifs is 2. The molecule has 0 aromatic rings. The lowest BCUT2D eigenvalue weighted by atomic mass is 9.70. The minimum absolute atomic E-state index is 0.0313. The molecule has 2 saturated carbocycles. The molecule has 0 amide bonds. The number of rotatable bonds is 4. The predicted molar refractivity (Wildman–Crippen MR) is 90.3 cm³/mol. The van der Waals surface area contributed by atoms with Crippen LogP contribution in [0, 0.1) is 16.7 Å². The van der Waals surface area contributed by atoms with E-state index in [9.17, 15) is 9.90 Å². The largest absolute Gasteiger partial charge is 0.481 e. The summed E-state index contributed by atoms with van der Waals surface area (Å²) in [4.78, 5) is 18.9. The number of aliphatic hydroxyl groups is 1. The quantitative estimate of drug-likeness (QED) is 0.679. The van der Waals surface area contributed by atoms with Crippen molar-refractivity contribution in [3.8, 4) is 0 Å². The first-order chi connectivity index (χ1) is 10.5. The topological polar surface area (TPSA) is 94.8 Å². The Hall–Kier alpha value is -1.10. The smallest absolute Gasteiger partial charge is 0.303 e. The fourth-order valence-electron chi connectivity index (χ4n) is 3.69. The lowest BCUT2D eigenvalue weighted by Gasteiger charge is -2.36. The molecular formula is C18H34O5. The van der Waals surface area contributed by atoms with Crippen molar-refractivity contribution in [2.75, 3.05) is 0 Å². The highest BCUT2D eigenvalue weighted by molar-refractivity contribution is 5.66. The number of carbonyl (C=O) groups is 2. The zero-order valence-corrected chi connectivity index (χ0v) is 15.3. The van der Waals surface area contributed by atoms with Crippen molar-refractivity contribution >= 4 is 11.9 Å². The zero-order chi connectivity index (χ0) is 18.3. The van der Waals surface area contributed by atoms with E-state index in [-0.39, 0.29) is 11.5 Å². The van der Waals surface area contributed by atoms with Crippen molar-refractivity contribution in [1.29, 1.82) is 0 Å². The van der Waals surface area contributed by atoms with Gasteiger partial charge < -0.3 is 15.3 Å². The molecule has 5 nitrogen and oxygen atoms in total. The van der Waals surface area contributed by atoms with Crippen LogP contribution in [-0.4, -0.2) is 33.4 Å². The molecule has 5 heteroatoms. The van der Waals surface area contributed by atoms with Gasteiger partial charge in [-0.25, -0.2) is 0 Å². The summed E-state index contributed by atoms with van der Waals surface area (Å²) >= 11 is 0. The average Bonchev–Trinajstić information content (AvgIpc) is 2.72. The van der Waals surface area contributed by atoms with E-state index >= 15 is 0 Å². The number of unbranched alkanes of at least 4 members (excludes halogenated alkanes) is 2. The lowest BCUT2D eigenvalue weighted by molar-refractivity contribution is -0.137. The molecule has 0 aliphatic heterocycles. The predicted octanol–water partition coefficient (Wildman–Crippen LogP) is 3.94. The van der Waals surface area contributed by atoms with E-state index in [1.165, 1.54) is 12.8 Å². The standard InChI is InChI=1S/C10H18O.C6H12O2.C2H4O2/c1-9(2)7-4-5-10(9,3)8(11)6-7;1-2-3-4-5-6(7)8;1-2(3)4/h7-8,11H,4-6H2,1-3H3;2-5H2,1H3,(H,7,8);1H3,(H,3,4). The SMILES string of the molecule is CC(=O)O.CC1(C)C2CCC1(C)C(O)C2.CCCCCC(=O)O. The van der Waals surface area contributed by atoms with Gasteiger partial charge in [-0.2, -0.15) is 0 Å².